The molecule has 0 spiro atoms. The Kier molecular flexibility index (Phi) is 9.26. The molecule has 0 aliphatic rings. The molecule has 1 aromatic rings. The summed E-state index contributed by atoms with van der Waals surface area (Å²) in [5.74, 6) is 0.785. The number of ether oxygens (including phenoxy) is 1. The van der Waals surface area contributed by atoms with Crippen molar-refractivity contribution in [1.82, 2.24) is 10.6 Å². The summed E-state index contributed by atoms with van der Waals surface area (Å²) < 4.78 is 40.4. The van der Waals surface area contributed by atoms with Crippen molar-refractivity contribution in [3.8, 4) is 5.75 Å². The summed E-state index contributed by atoms with van der Waals surface area (Å²) in [4.78, 5) is 4.46. The van der Waals surface area contributed by atoms with Crippen LogP contribution in [-0.4, -0.2) is 43.7 Å². The lowest BCUT2D eigenvalue weighted by molar-refractivity contribution is -0.274. The monoisotopic (exact) mass is 375 g/mol. The van der Waals surface area contributed by atoms with Gasteiger partial charge < -0.3 is 20.5 Å². The minimum atomic E-state index is -4.70. The van der Waals surface area contributed by atoms with Crippen LogP contribution < -0.4 is 15.4 Å². The van der Waals surface area contributed by atoms with Crippen molar-refractivity contribution in [3.63, 3.8) is 0 Å². The Hall–Kier alpha value is -1.96. The third kappa shape index (κ3) is 9.50. The molecule has 0 saturated carbocycles. The van der Waals surface area contributed by atoms with E-state index in [0.29, 0.717) is 31.4 Å². The Bertz CT molecular complexity index is 546. The number of aliphatic hydroxyl groups excluding tert-OH is 1. The van der Waals surface area contributed by atoms with Crippen LogP contribution in [0.4, 0.5) is 13.2 Å². The van der Waals surface area contributed by atoms with E-state index < -0.39 is 6.36 Å². The van der Waals surface area contributed by atoms with Gasteiger partial charge in [0.25, 0.3) is 0 Å². The third-order valence-corrected chi connectivity index (χ3v) is 3.46. The Morgan fingerprint density at radius 3 is 2.35 bits per heavy atom. The molecule has 26 heavy (non-hydrogen) atoms. The van der Waals surface area contributed by atoms with Crippen LogP contribution in [0.3, 0.4) is 0 Å². The van der Waals surface area contributed by atoms with Crippen molar-refractivity contribution in [2.75, 3.05) is 26.2 Å². The molecule has 0 radical (unpaired) electrons. The molecule has 1 atom stereocenters. The number of nitrogens with zero attached hydrogens (tertiary/aromatic N) is 1. The second-order valence-electron chi connectivity index (χ2n) is 6.44. The maximum absolute atomic E-state index is 12.2. The minimum absolute atomic E-state index is 0.0443. The van der Waals surface area contributed by atoms with Gasteiger partial charge in [0.2, 0.25) is 0 Å². The maximum Gasteiger partial charge on any atom is 0.573 e. The van der Waals surface area contributed by atoms with Gasteiger partial charge in [0.15, 0.2) is 5.96 Å². The Labute approximate surface area is 152 Å². The molecule has 0 amide bonds. The molecule has 0 saturated heterocycles. The Morgan fingerprint density at radius 1 is 1.19 bits per heavy atom. The highest BCUT2D eigenvalue weighted by atomic mass is 19.4. The quantitative estimate of drug-likeness (QED) is 0.459. The van der Waals surface area contributed by atoms with Crippen LogP contribution in [-0.2, 0) is 6.42 Å². The van der Waals surface area contributed by atoms with E-state index in [1.807, 2.05) is 6.92 Å². The van der Waals surface area contributed by atoms with E-state index in [4.69, 9.17) is 0 Å². The van der Waals surface area contributed by atoms with E-state index in [9.17, 15) is 18.3 Å². The van der Waals surface area contributed by atoms with Crippen LogP contribution in [0.2, 0.25) is 0 Å². The van der Waals surface area contributed by atoms with Crippen LogP contribution in [0.25, 0.3) is 0 Å². The number of aliphatic hydroxyl groups is 1. The van der Waals surface area contributed by atoms with Crippen LogP contribution in [0, 0.1) is 11.8 Å². The fraction of sp³-hybridized carbons (Fsp3) is 0.611. The molecular weight excluding hydrogens is 347 g/mol. The zero-order valence-corrected chi connectivity index (χ0v) is 15.4. The van der Waals surface area contributed by atoms with Crippen molar-refractivity contribution in [3.05, 3.63) is 29.8 Å². The molecule has 0 heterocycles. The lowest BCUT2D eigenvalue weighted by Gasteiger charge is -2.18. The maximum atomic E-state index is 12.2. The highest BCUT2D eigenvalue weighted by molar-refractivity contribution is 5.79. The number of alkyl halides is 3. The fourth-order valence-electron chi connectivity index (χ4n) is 2.22. The van der Waals surface area contributed by atoms with Gasteiger partial charge in [-0.1, -0.05) is 26.0 Å². The number of rotatable bonds is 9. The van der Waals surface area contributed by atoms with Gasteiger partial charge in [-0.3, -0.25) is 4.99 Å². The molecule has 8 heteroatoms. The first-order valence-electron chi connectivity index (χ1n) is 8.71. The van der Waals surface area contributed by atoms with Gasteiger partial charge in [-0.15, -0.1) is 13.2 Å². The standard InChI is InChI=1S/C18H28F3N3O2/c1-4-22-17(23-10-13(2)3)24-11-15(12-25)9-14-5-7-16(8-6-14)26-18(19,20)21/h5-8,13,15,25H,4,9-12H2,1-3H3,(H2,22,23,24). The summed E-state index contributed by atoms with van der Waals surface area (Å²) >= 11 is 0. The summed E-state index contributed by atoms with van der Waals surface area (Å²) in [5, 5.41) is 15.9. The molecular formula is C18H28F3N3O2. The number of halogens is 3. The molecule has 1 unspecified atom stereocenters. The molecule has 1 rings (SSSR count). The predicted molar refractivity (Wildman–Crippen MR) is 96.2 cm³/mol. The van der Waals surface area contributed by atoms with E-state index in [1.165, 1.54) is 12.1 Å². The normalized spacial score (nSPS) is 13.6. The largest absolute Gasteiger partial charge is 0.573 e. The SMILES string of the molecule is CCNC(=NCC(C)C)NCC(CO)Cc1ccc(OC(F)(F)F)cc1. The van der Waals surface area contributed by atoms with E-state index in [0.717, 1.165) is 12.1 Å². The predicted octanol–water partition coefficient (Wildman–Crippen LogP) is 2.95. The van der Waals surface area contributed by atoms with Crippen molar-refractivity contribution in [2.24, 2.45) is 16.8 Å². The van der Waals surface area contributed by atoms with Gasteiger partial charge in [-0.05, 0) is 37.0 Å². The summed E-state index contributed by atoms with van der Waals surface area (Å²) in [6, 6.07) is 5.70. The second-order valence-corrected chi connectivity index (χ2v) is 6.44. The molecule has 1 aromatic carbocycles. The van der Waals surface area contributed by atoms with Gasteiger partial charge in [0.05, 0.1) is 0 Å². The summed E-state index contributed by atoms with van der Waals surface area (Å²) in [6.07, 6.45) is -4.17. The van der Waals surface area contributed by atoms with Gasteiger partial charge in [0, 0.05) is 32.2 Å². The highest BCUT2D eigenvalue weighted by Gasteiger charge is 2.30. The van der Waals surface area contributed by atoms with Gasteiger partial charge in [-0.2, -0.15) is 0 Å². The summed E-state index contributed by atoms with van der Waals surface area (Å²) in [6.45, 7) is 8.01. The Balaban J connectivity index is 2.59. The second kappa shape index (κ2) is 10.9. The molecule has 148 valence electrons. The zero-order chi connectivity index (χ0) is 19.6. The van der Waals surface area contributed by atoms with E-state index in [-0.39, 0.29) is 18.3 Å². The highest BCUT2D eigenvalue weighted by Crippen LogP contribution is 2.23. The molecule has 3 N–H and O–H groups in total. The zero-order valence-electron chi connectivity index (χ0n) is 15.4. The molecule has 0 aliphatic carbocycles. The first kappa shape index (κ1) is 22.1. The van der Waals surface area contributed by atoms with E-state index in [1.54, 1.807) is 12.1 Å². The summed E-state index contributed by atoms with van der Waals surface area (Å²) in [7, 11) is 0. The molecule has 0 bridgehead atoms. The lowest BCUT2D eigenvalue weighted by Crippen LogP contribution is -2.41. The van der Waals surface area contributed by atoms with Crippen LogP contribution >= 0.6 is 0 Å². The topological polar surface area (TPSA) is 65.9 Å². The number of nitrogens with one attached hydrogen (secondary N) is 2. The number of aliphatic imine (C=N–C) groups is 1. The van der Waals surface area contributed by atoms with Gasteiger partial charge in [0.1, 0.15) is 5.75 Å². The Morgan fingerprint density at radius 2 is 1.85 bits per heavy atom. The van der Waals surface area contributed by atoms with Crippen molar-refractivity contribution in [1.29, 1.82) is 0 Å². The first-order chi connectivity index (χ1) is 12.2. The summed E-state index contributed by atoms with van der Waals surface area (Å²) in [5.41, 5.74) is 0.824. The third-order valence-electron chi connectivity index (χ3n) is 3.46. The molecule has 0 aliphatic heterocycles. The average Bonchev–Trinajstić information content (AvgIpc) is 2.56. The average molecular weight is 375 g/mol. The number of hydrogen-bond donors (Lipinski definition) is 3. The van der Waals surface area contributed by atoms with Gasteiger partial charge in [-0.25, -0.2) is 0 Å². The van der Waals surface area contributed by atoms with Crippen LogP contribution in [0.15, 0.2) is 29.3 Å². The fourth-order valence-corrected chi connectivity index (χ4v) is 2.22. The van der Waals surface area contributed by atoms with Crippen LogP contribution in [0.5, 0.6) is 5.75 Å². The van der Waals surface area contributed by atoms with Crippen molar-refractivity contribution < 1.29 is 23.0 Å². The van der Waals surface area contributed by atoms with E-state index >= 15 is 0 Å². The van der Waals surface area contributed by atoms with Crippen LogP contribution in [0.1, 0.15) is 26.3 Å². The van der Waals surface area contributed by atoms with Crippen molar-refractivity contribution >= 4 is 5.96 Å². The molecule has 0 aromatic heterocycles. The lowest BCUT2D eigenvalue weighted by atomic mass is 10.00. The molecule has 0 fully saturated rings. The van der Waals surface area contributed by atoms with E-state index in [2.05, 4.69) is 34.2 Å². The van der Waals surface area contributed by atoms with Crippen molar-refractivity contribution in [2.45, 2.75) is 33.6 Å². The smallest absolute Gasteiger partial charge is 0.406 e. The number of guanidine groups is 1. The number of hydrogen-bond acceptors (Lipinski definition) is 3. The van der Waals surface area contributed by atoms with Gasteiger partial charge >= 0.3 is 6.36 Å². The minimum Gasteiger partial charge on any atom is -0.406 e. The first-order valence-corrected chi connectivity index (χ1v) is 8.71. The molecule has 5 nitrogen and oxygen atoms in total. The number of benzene rings is 1.